The summed E-state index contributed by atoms with van der Waals surface area (Å²) < 4.78 is 13.5. The molecule has 0 spiro atoms. The van der Waals surface area contributed by atoms with Gasteiger partial charge in [0.05, 0.1) is 24.2 Å². The van der Waals surface area contributed by atoms with Crippen LogP contribution in [0.25, 0.3) is 10.9 Å². The van der Waals surface area contributed by atoms with Gasteiger partial charge >= 0.3 is 0 Å². The molecule has 156 valence electrons. The van der Waals surface area contributed by atoms with E-state index in [0.717, 1.165) is 15.6 Å². The lowest BCUT2D eigenvalue weighted by atomic mass is 10.2. The van der Waals surface area contributed by atoms with Gasteiger partial charge in [-0.1, -0.05) is 46.3 Å². The zero-order valence-corrected chi connectivity index (χ0v) is 18.7. The lowest BCUT2D eigenvalue weighted by molar-refractivity contribution is 0.284. The highest BCUT2D eigenvalue weighted by atomic mass is 79.9. The van der Waals surface area contributed by atoms with Crippen LogP contribution in [-0.2, 0) is 6.61 Å². The lowest BCUT2D eigenvalue weighted by Gasteiger charge is -2.11. The van der Waals surface area contributed by atoms with Crippen LogP contribution in [0.2, 0.25) is 0 Å². The molecule has 4 rings (SSSR count). The normalized spacial score (nSPS) is 11.2. The summed E-state index contributed by atoms with van der Waals surface area (Å²) in [6.07, 6.45) is 1.60. The Balaban J connectivity index is 1.60. The predicted octanol–water partition coefficient (Wildman–Crippen LogP) is 4.94. The van der Waals surface area contributed by atoms with Crippen LogP contribution in [0.5, 0.6) is 11.5 Å². The van der Waals surface area contributed by atoms with Crippen molar-refractivity contribution >= 4 is 33.0 Å². The largest absolute Gasteiger partial charge is 0.493 e. The standard InChI is InChI=1S/C24H20BrN3O3/c1-16-27-21-10-9-19(25)13-20(21)24(29)28(16)26-14-18-8-11-22(23(12-18)30-2)31-15-17-6-4-3-5-7-17/h3-14H,15H2,1-2H3. The third kappa shape index (κ3) is 4.67. The Bertz CT molecular complexity index is 1320. The van der Waals surface area contributed by atoms with Crippen LogP contribution in [-0.4, -0.2) is 23.0 Å². The minimum atomic E-state index is -0.227. The second kappa shape index (κ2) is 9.14. The Morgan fingerprint density at radius 3 is 2.65 bits per heavy atom. The molecule has 4 aromatic rings. The Morgan fingerprint density at radius 1 is 1.06 bits per heavy atom. The van der Waals surface area contributed by atoms with Crippen LogP contribution in [0.4, 0.5) is 0 Å². The molecule has 0 bridgehead atoms. The minimum Gasteiger partial charge on any atom is -0.493 e. The van der Waals surface area contributed by atoms with E-state index in [1.54, 1.807) is 32.4 Å². The Labute approximate surface area is 187 Å². The molecule has 31 heavy (non-hydrogen) atoms. The predicted molar refractivity (Wildman–Crippen MR) is 125 cm³/mol. The van der Waals surface area contributed by atoms with Gasteiger partial charge in [-0.25, -0.2) is 4.98 Å². The fraction of sp³-hybridized carbons (Fsp3) is 0.125. The Morgan fingerprint density at radius 2 is 1.87 bits per heavy atom. The lowest BCUT2D eigenvalue weighted by Crippen LogP contribution is -2.20. The first-order valence-electron chi connectivity index (χ1n) is 9.63. The topological polar surface area (TPSA) is 65.7 Å². The first-order chi connectivity index (χ1) is 15.0. The smallest absolute Gasteiger partial charge is 0.282 e. The van der Waals surface area contributed by atoms with Crippen molar-refractivity contribution in [3.05, 3.63) is 98.5 Å². The average Bonchev–Trinajstić information content (AvgIpc) is 2.79. The molecule has 0 radical (unpaired) electrons. The summed E-state index contributed by atoms with van der Waals surface area (Å²) in [4.78, 5) is 17.3. The molecule has 0 saturated heterocycles. The van der Waals surface area contributed by atoms with Crippen LogP contribution in [0.15, 0.2) is 81.1 Å². The van der Waals surface area contributed by atoms with E-state index in [0.29, 0.717) is 34.8 Å². The zero-order valence-electron chi connectivity index (χ0n) is 17.1. The second-order valence-corrected chi connectivity index (χ2v) is 7.78. The molecule has 0 amide bonds. The van der Waals surface area contributed by atoms with Gasteiger partial charge in [-0.3, -0.25) is 4.79 Å². The van der Waals surface area contributed by atoms with Gasteiger partial charge < -0.3 is 9.47 Å². The van der Waals surface area contributed by atoms with Gasteiger partial charge in [0.15, 0.2) is 11.5 Å². The van der Waals surface area contributed by atoms with E-state index in [4.69, 9.17) is 9.47 Å². The number of methoxy groups -OCH3 is 1. The fourth-order valence-corrected chi connectivity index (χ4v) is 3.50. The molecule has 6 nitrogen and oxygen atoms in total. The number of aromatic nitrogens is 2. The molecule has 0 atom stereocenters. The molecule has 0 aliphatic carbocycles. The van der Waals surface area contributed by atoms with Crippen LogP contribution in [0.1, 0.15) is 17.0 Å². The fourth-order valence-electron chi connectivity index (χ4n) is 3.14. The van der Waals surface area contributed by atoms with Crippen molar-refractivity contribution < 1.29 is 9.47 Å². The first-order valence-corrected chi connectivity index (χ1v) is 10.4. The van der Waals surface area contributed by atoms with Crippen molar-refractivity contribution in [1.82, 2.24) is 9.66 Å². The Hall–Kier alpha value is -3.45. The van der Waals surface area contributed by atoms with Gasteiger partial charge in [-0.15, -0.1) is 0 Å². The average molecular weight is 478 g/mol. The van der Waals surface area contributed by atoms with Crippen molar-refractivity contribution in [1.29, 1.82) is 0 Å². The number of ether oxygens (including phenoxy) is 2. The van der Waals surface area contributed by atoms with E-state index in [1.807, 2.05) is 54.6 Å². The van der Waals surface area contributed by atoms with E-state index >= 15 is 0 Å². The van der Waals surface area contributed by atoms with Crippen LogP contribution >= 0.6 is 15.9 Å². The molecule has 3 aromatic carbocycles. The summed E-state index contributed by atoms with van der Waals surface area (Å²) in [6.45, 7) is 2.19. The number of benzene rings is 3. The van der Waals surface area contributed by atoms with Crippen LogP contribution < -0.4 is 15.0 Å². The van der Waals surface area contributed by atoms with E-state index in [-0.39, 0.29) is 5.56 Å². The number of halogens is 1. The molecule has 7 heteroatoms. The summed E-state index contributed by atoms with van der Waals surface area (Å²) in [6, 6.07) is 20.8. The number of aryl methyl sites for hydroxylation is 1. The molecule has 0 saturated carbocycles. The van der Waals surface area contributed by atoms with Crippen molar-refractivity contribution in [3.8, 4) is 11.5 Å². The molecule has 0 unspecified atom stereocenters. The van der Waals surface area contributed by atoms with E-state index in [1.165, 1.54) is 4.68 Å². The third-order valence-electron chi connectivity index (χ3n) is 4.72. The SMILES string of the molecule is COc1cc(C=Nn2c(C)nc3ccc(Br)cc3c2=O)ccc1OCc1ccccc1. The molecule has 0 fully saturated rings. The van der Waals surface area contributed by atoms with Crippen molar-refractivity contribution in [2.75, 3.05) is 7.11 Å². The van der Waals surface area contributed by atoms with E-state index in [2.05, 4.69) is 26.0 Å². The molecule has 1 aromatic heterocycles. The highest BCUT2D eigenvalue weighted by molar-refractivity contribution is 9.10. The molecular weight excluding hydrogens is 458 g/mol. The molecule has 0 aliphatic heterocycles. The number of nitrogens with zero attached hydrogens (tertiary/aromatic N) is 3. The highest BCUT2D eigenvalue weighted by Gasteiger charge is 2.09. The number of rotatable bonds is 6. The summed E-state index contributed by atoms with van der Waals surface area (Å²) >= 11 is 3.40. The van der Waals surface area contributed by atoms with E-state index in [9.17, 15) is 4.79 Å². The van der Waals surface area contributed by atoms with Crippen molar-refractivity contribution in [2.24, 2.45) is 5.10 Å². The highest BCUT2D eigenvalue weighted by Crippen LogP contribution is 2.28. The van der Waals surface area contributed by atoms with Crippen molar-refractivity contribution in [2.45, 2.75) is 13.5 Å². The third-order valence-corrected chi connectivity index (χ3v) is 5.21. The maximum atomic E-state index is 12.9. The zero-order chi connectivity index (χ0) is 21.8. The number of fused-ring (bicyclic) bond motifs is 1. The summed E-state index contributed by atoms with van der Waals surface area (Å²) in [7, 11) is 1.59. The maximum Gasteiger partial charge on any atom is 0.282 e. The monoisotopic (exact) mass is 477 g/mol. The second-order valence-electron chi connectivity index (χ2n) is 6.87. The number of hydrogen-bond acceptors (Lipinski definition) is 5. The Kier molecular flexibility index (Phi) is 6.13. The molecular formula is C24H20BrN3O3. The molecule has 0 aliphatic rings. The summed E-state index contributed by atoms with van der Waals surface area (Å²) in [5.74, 6) is 1.73. The minimum absolute atomic E-state index is 0.227. The molecule has 1 heterocycles. The van der Waals surface area contributed by atoms with Gasteiger partial charge in [0.1, 0.15) is 12.4 Å². The van der Waals surface area contributed by atoms with Crippen LogP contribution in [0.3, 0.4) is 0 Å². The van der Waals surface area contributed by atoms with Crippen LogP contribution in [0, 0.1) is 6.92 Å². The van der Waals surface area contributed by atoms with Gasteiger partial charge in [0.2, 0.25) is 0 Å². The maximum absolute atomic E-state index is 12.9. The summed E-state index contributed by atoms with van der Waals surface area (Å²) in [5.41, 5.74) is 2.25. The van der Waals surface area contributed by atoms with Gasteiger partial charge in [-0.2, -0.15) is 9.78 Å². The first kappa shape index (κ1) is 20.8. The summed E-state index contributed by atoms with van der Waals surface area (Å²) in [5, 5.41) is 4.86. The number of hydrogen-bond donors (Lipinski definition) is 0. The van der Waals surface area contributed by atoms with Gasteiger partial charge in [0.25, 0.3) is 5.56 Å². The van der Waals surface area contributed by atoms with E-state index < -0.39 is 0 Å². The quantitative estimate of drug-likeness (QED) is 0.369. The van der Waals surface area contributed by atoms with Gasteiger partial charge in [0, 0.05) is 4.47 Å². The molecule has 0 N–H and O–H groups in total. The van der Waals surface area contributed by atoms with Gasteiger partial charge in [-0.05, 0) is 54.4 Å². The van der Waals surface area contributed by atoms with Crippen molar-refractivity contribution in [3.63, 3.8) is 0 Å².